The summed E-state index contributed by atoms with van der Waals surface area (Å²) in [7, 11) is 1.72. The van der Waals surface area contributed by atoms with E-state index in [4.69, 9.17) is 10.5 Å². The van der Waals surface area contributed by atoms with Crippen LogP contribution >= 0.6 is 0 Å². The van der Waals surface area contributed by atoms with E-state index in [-0.39, 0.29) is 6.04 Å². The fourth-order valence-corrected chi connectivity index (χ4v) is 2.77. The van der Waals surface area contributed by atoms with Crippen LogP contribution in [0.3, 0.4) is 0 Å². The maximum atomic E-state index is 6.47. The Kier molecular flexibility index (Phi) is 5.03. The van der Waals surface area contributed by atoms with Crippen LogP contribution in [0.15, 0.2) is 29.8 Å². The van der Waals surface area contributed by atoms with Crippen LogP contribution < -0.4 is 10.5 Å². The van der Waals surface area contributed by atoms with Crippen LogP contribution in [-0.2, 0) is 0 Å². The lowest BCUT2D eigenvalue weighted by Crippen LogP contribution is -2.15. The van der Waals surface area contributed by atoms with Gasteiger partial charge in [-0.2, -0.15) is 0 Å². The largest absolute Gasteiger partial charge is 0.496 e. The van der Waals surface area contributed by atoms with E-state index < -0.39 is 0 Å². The van der Waals surface area contributed by atoms with Gasteiger partial charge in [0.1, 0.15) is 5.75 Å². The molecule has 1 atom stereocenters. The van der Waals surface area contributed by atoms with Crippen molar-refractivity contribution in [1.29, 1.82) is 0 Å². The summed E-state index contributed by atoms with van der Waals surface area (Å²) >= 11 is 0. The summed E-state index contributed by atoms with van der Waals surface area (Å²) in [6.45, 7) is 2.08. The highest BCUT2D eigenvalue weighted by molar-refractivity contribution is 5.42. The zero-order chi connectivity index (χ0) is 13.7. The van der Waals surface area contributed by atoms with Gasteiger partial charge in [-0.3, -0.25) is 0 Å². The fourth-order valence-electron chi connectivity index (χ4n) is 2.77. The second-order valence-electron chi connectivity index (χ2n) is 5.46. The number of benzene rings is 1. The van der Waals surface area contributed by atoms with Crippen LogP contribution in [0.25, 0.3) is 0 Å². The lowest BCUT2D eigenvalue weighted by Gasteiger charge is -2.21. The molecular formula is C17H25NO. The molecule has 0 aromatic heterocycles. The first kappa shape index (κ1) is 14.1. The zero-order valence-electron chi connectivity index (χ0n) is 12.1. The number of allylic oxidation sites excluding steroid dienone is 1. The molecule has 0 saturated heterocycles. The van der Waals surface area contributed by atoms with Crippen molar-refractivity contribution in [1.82, 2.24) is 0 Å². The number of hydrogen-bond donors (Lipinski definition) is 1. The Hall–Kier alpha value is -1.28. The van der Waals surface area contributed by atoms with E-state index in [1.54, 1.807) is 7.11 Å². The quantitative estimate of drug-likeness (QED) is 0.822. The van der Waals surface area contributed by atoms with Gasteiger partial charge in [-0.05, 0) is 44.2 Å². The van der Waals surface area contributed by atoms with E-state index in [1.807, 2.05) is 0 Å². The molecule has 0 bridgehead atoms. The highest BCUT2D eigenvalue weighted by atomic mass is 16.5. The van der Waals surface area contributed by atoms with Crippen LogP contribution in [0.1, 0.15) is 55.7 Å². The van der Waals surface area contributed by atoms with Gasteiger partial charge in [0.25, 0.3) is 0 Å². The van der Waals surface area contributed by atoms with Crippen LogP contribution in [0.5, 0.6) is 5.75 Å². The molecule has 2 heteroatoms. The van der Waals surface area contributed by atoms with Crippen molar-refractivity contribution in [3.8, 4) is 5.75 Å². The molecule has 1 aliphatic rings. The van der Waals surface area contributed by atoms with Crippen molar-refractivity contribution in [2.45, 2.75) is 51.5 Å². The van der Waals surface area contributed by atoms with Gasteiger partial charge in [0, 0.05) is 5.56 Å². The minimum absolute atomic E-state index is 0.0198. The van der Waals surface area contributed by atoms with Crippen molar-refractivity contribution >= 4 is 0 Å². The third-order valence-corrected chi connectivity index (χ3v) is 3.95. The average Bonchev–Trinajstić information content (AvgIpc) is 2.37. The maximum absolute atomic E-state index is 6.47. The van der Waals surface area contributed by atoms with Crippen molar-refractivity contribution in [3.05, 3.63) is 41.0 Å². The lowest BCUT2D eigenvalue weighted by molar-refractivity contribution is 0.406. The van der Waals surface area contributed by atoms with Gasteiger partial charge < -0.3 is 10.5 Å². The molecule has 2 N–H and O–H groups in total. The van der Waals surface area contributed by atoms with Gasteiger partial charge in [-0.25, -0.2) is 0 Å². The minimum atomic E-state index is -0.0198. The van der Waals surface area contributed by atoms with Crippen molar-refractivity contribution < 1.29 is 4.74 Å². The molecule has 0 radical (unpaired) electrons. The fraction of sp³-hybridized carbons (Fsp3) is 0.529. The van der Waals surface area contributed by atoms with Crippen LogP contribution in [-0.4, -0.2) is 7.11 Å². The summed E-state index contributed by atoms with van der Waals surface area (Å²) in [5.41, 5.74) is 10.2. The first-order valence-electron chi connectivity index (χ1n) is 7.31. The van der Waals surface area contributed by atoms with Crippen LogP contribution in [0, 0.1) is 6.92 Å². The minimum Gasteiger partial charge on any atom is -0.496 e. The summed E-state index contributed by atoms with van der Waals surface area (Å²) in [5.74, 6) is 0.912. The summed E-state index contributed by atoms with van der Waals surface area (Å²) in [6.07, 6.45) is 9.87. The number of rotatable bonds is 3. The normalized spacial score (nSPS) is 20.9. The summed E-state index contributed by atoms with van der Waals surface area (Å²) < 4.78 is 5.49. The van der Waals surface area contributed by atoms with E-state index >= 15 is 0 Å². The second kappa shape index (κ2) is 6.76. The van der Waals surface area contributed by atoms with Crippen molar-refractivity contribution in [2.75, 3.05) is 7.11 Å². The lowest BCUT2D eigenvalue weighted by atomic mass is 9.91. The monoisotopic (exact) mass is 259 g/mol. The van der Waals surface area contributed by atoms with E-state index in [2.05, 4.69) is 31.2 Å². The second-order valence-corrected chi connectivity index (χ2v) is 5.46. The predicted octanol–water partition coefficient (Wildman–Crippen LogP) is 4.28. The Balaban J connectivity index is 2.24. The summed E-state index contributed by atoms with van der Waals surface area (Å²) in [4.78, 5) is 0. The Morgan fingerprint density at radius 1 is 1.16 bits per heavy atom. The van der Waals surface area contributed by atoms with E-state index in [0.29, 0.717) is 0 Å². The van der Waals surface area contributed by atoms with Crippen molar-refractivity contribution in [3.63, 3.8) is 0 Å². The van der Waals surface area contributed by atoms with E-state index in [1.165, 1.54) is 36.8 Å². The molecule has 1 unspecified atom stereocenters. The van der Waals surface area contributed by atoms with Gasteiger partial charge in [-0.1, -0.05) is 36.6 Å². The zero-order valence-corrected chi connectivity index (χ0v) is 12.1. The number of ether oxygens (including phenoxy) is 1. The van der Waals surface area contributed by atoms with Crippen LogP contribution in [0.2, 0.25) is 0 Å². The molecule has 1 aromatic carbocycles. The molecule has 0 aliphatic heterocycles. The maximum Gasteiger partial charge on any atom is 0.124 e. The molecule has 0 spiro atoms. The van der Waals surface area contributed by atoms with Crippen molar-refractivity contribution in [2.24, 2.45) is 5.73 Å². The van der Waals surface area contributed by atoms with Gasteiger partial charge in [0.2, 0.25) is 0 Å². The molecular weight excluding hydrogens is 234 g/mol. The Morgan fingerprint density at radius 2 is 1.95 bits per heavy atom. The molecule has 1 aliphatic carbocycles. The topological polar surface area (TPSA) is 35.2 Å². The smallest absolute Gasteiger partial charge is 0.124 e. The van der Waals surface area contributed by atoms with Gasteiger partial charge in [0.15, 0.2) is 0 Å². The summed E-state index contributed by atoms with van der Waals surface area (Å²) in [6, 6.07) is 6.27. The van der Waals surface area contributed by atoms with E-state index in [0.717, 1.165) is 24.2 Å². The number of aryl methyl sites for hydroxylation is 1. The Bertz CT molecular complexity index is 451. The number of hydrogen-bond acceptors (Lipinski definition) is 2. The third kappa shape index (κ3) is 3.60. The standard InChI is InChI=1S/C17H25NO/c1-13-10-11-15(16(12-13)19-2)17(18)14-8-6-4-3-5-7-9-14/h8,10-12,17H,3-7,9,18H2,1-2H3/b14-8+. The highest BCUT2D eigenvalue weighted by Gasteiger charge is 2.16. The first-order chi connectivity index (χ1) is 9.22. The highest BCUT2D eigenvalue weighted by Crippen LogP contribution is 2.32. The average molecular weight is 259 g/mol. The van der Waals surface area contributed by atoms with Crippen LogP contribution in [0.4, 0.5) is 0 Å². The summed E-state index contributed by atoms with van der Waals surface area (Å²) in [5, 5.41) is 0. The first-order valence-corrected chi connectivity index (χ1v) is 7.31. The third-order valence-electron chi connectivity index (χ3n) is 3.95. The van der Waals surface area contributed by atoms with Gasteiger partial charge >= 0.3 is 0 Å². The Morgan fingerprint density at radius 3 is 2.74 bits per heavy atom. The molecule has 2 nitrogen and oxygen atoms in total. The molecule has 104 valence electrons. The van der Waals surface area contributed by atoms with Gasteiger partial charge in [-0.15, -0.1) is 0 Å². The van der Waals surface area contributed by atoms with Gasteiger partial charge in [0.05, 0.1) is 13.2 Å². The number of nitrogens with two attached hydrogens (primary N) is 1. The predicted molar refractivity (Wildman–Crippen MR) is 80.4 cm³/mol. The Labute approximate surface area is 116 Å². The van der Waals surface area contributed by atoms with E-state index in [9.17, 15) is 0 Å². The molecule has 0 fully saturated rings. The molecule has 0 heterocycles. The molecule has 1 aromatic rings. The SMILES string of the molecule is COc1cc(C)ccc1C(N)/C1=C/CCCCCC1. The molecule has 2 rings (SSSR count). The molecule has 0 saturated carbocycles. The molecule has 0 amide bonds. The number of methoxy groups -OCH3 is 1. The molecule has 19 heavy (non-hydrogen) atoms.